The van der Waals surface area contributed by atoms with Crippen LogP contribution >= 0.6 is 11.6 Å². The van der Waals surface area contributed by atoms with Crippen LogP contribution in [-0.2, 0) is 12.8 Å². The fourth-order valence-electron chi connectivity index (χ4n) is 1.92. The molecule has 0 spiro atoms. The molecule has 1 aromatic carbocycles. The quantitative estimate of drug-likeness (QED) is 0.796. The van der Waals surface area contributed by atoms with Crippen molar-refractivity contribution in [2.75, 3.05) is 6.54 Å². The van der Waals surface area contributed by atoms with Crippen LogP contribution in [0.5, 0.6) is 0 Å². The molecule has 20 heavy (non-hydrogen) atoms. The number of hydrogen-bond acceptors (Lipinski definition) is 4. The molecule has 0 aliphatic rings. The van der Waals surface area contributed by atoms with Crippen LogP contribution in [0, 0.1) is 0 Å². The first-order chi connectivity index (χ1) is 9.63. The van der Waals surface area contributed by atoms with Gasteiger partial charge in [0, 0.05) is 23.9 Å². The second-order valence-electron chi connectivity index (χ2n) is 5.12. The highest BCUT2D eigenvalue weighted by Gasteiger charge is 2.07. The first kappa shape index (κ1) is 15.0. The van der Waals surface area contributed by atoms with Gasteiger partial charge in [0.15, 0.2) is 5.82 Å². The molecule has 0 fully saturated rings. The van der Waals surface area contributed by atoms with Crippen molar-refractivity contribution in [2.24, 2.45) is 0 Å². The van der Waals surface area contributed by atoms with Gasteiger partial charge in [-0.3, -0.25) is 0 Å². The molecule has 1 N–H and O–H groups in total. The fourth-order valence-corrected chi connectivity index (χ4v) is 2.14. The number of nitrogens with one attached hydrogen (secondary N) is 1. The summed E-state index contributed by atoms with van der Waals surface area (Å²) in [7, 11) is 0. The Labute approximate surface area is 124 Å². The minimum absolute atomic E-state index is 0.510. The topological polar surface area (TPSA) is 51.0 Å². The number of rotatable bonds is 7. The number of hydrogen-bond donors (Lipinski definition) is 1. The molecule has 108 valence electrons. The summed E-state index contributed by atoms with van der Waals surface area (Å²) >= 11 is 5.96. The maximum absolute atomic E-state index is 5.96. The van der Waals surface area contributed by atoms with Gasteiger partial charge in [0.1, 0.15) is 0 Å². The molecule has 0 atom stereocenters. The molecule has 4 nitrogen and oxygen atoms in total. The molecular formula is C15H20ClN3O. The lowest BCUT2D eigenvalue weighted by atomic mass is 10.1. The lowest BCUT2D eigenvalue weighted by Crippen LogP contribution is -2.23. The van der Waals surface area contributed by atoms with E-state index in [0.29, 0.717) is 24.2 Å². The Hall–Kier alpha value is -1.39. The van der Waals surface area contributed by atoms with Crippen molar-refractivity contribution in [3.05, 3.63) is 46.6 Å². The van der Waals surface area contributed by atoms with E-state index in [4.69, 9.17) is 16.1 Å². The summed E-state index contributed by atoms with van der Waals surface area (Å²) < 4.78 is 5.25. The van der Waals surface area contributed by atoms with Gasteiger partial charge in [-0.2, -0.15) is 4.98 Å². The summed E-state index contributed by atoms with van der Waals surface area (Å²) in [6.45, 7) is 5.23. The average molecular weight is 294 g/mol. The molecule has 0 radical (unpaired) electrons. The third-order valence-corrected chi connectivity index (χ3v) is 3.12. The third-order valence-electron chi connectivity index (χ3n) is 2.88. The minimum atomic E-state index is 0.510. The van der Waals surface area contributed by atoms with E-state index in [0.717, 1.165) is 30.0 Å². The van der Waals surface area contributed by atoms with Crippen molar-refractivity contribution in [1.29, 1.82) is 0 Å². The van der Waals surface area contributed by atoms with Gasteiger partial charge < -0.3 is 9.84 Å². The van der Waals surface area contributed by atoms with E-state index in [9.17, 15) is 0 Å². The molecule has 0 aliphatic heterocycles. The van der Waals surface area contributed by atoms with Crippen molar-refractivity contribution in [3.8, 4) is 0 Å². The van der Waals surface area contributed by atoms with E-state index in [1.807, 2.05) is 24.3 Å². The van der Waals surface area contributed by atoms with Crippen LogP contribution in [0.4, 0.5) is 0 Å². The summed E-state index contributed by atoms with van der Waals surface area (Å²) in [6, 6.07) is 8.22. The molecule has 0 unspecified atom stereocenters. The van der Waals surface area contributed by atoms with Crippen LogP contribution in [0.15, 0.2) is 28.8 Å². The Morgan fingerprint density at radius 3 is 2.95 bits per heavy atom. The molecule has 5 heteroatoms. The summed E-state index contributed by atoms with van der Waals surface area (Å²) in [5, 5.41) is 8.10. The number of aromatic nitrogens is 2. The van der Waals surface area contributed by atoms with Gasteiger partial charge in [0.2, 0.25) is 5.89 Å². The normalized spacial score (nSPS) is 11.2. The highest BCUT2D eigenvalue weighted by molar-refractivity contribution is 6.30. The first-order valence-electron chi connectivity index (χ1n) is 6.93. The zero-order valence-corrected chi connectivity index (χ0v) is 12.7. The third kappa shape index (κ3) is 4.94. The Bertz CT molecular complexity index is 539. The van der Waals surface area contributed by atoms with Crippen molar-refractivity contribution < 1.29 is 4.52 Å². The summed E-state index contributed by atoms with van der Waals surface area (Å²) in [4.78, 5) is 4.40. The zero-order chi connectivity index (χ0) is 14.4. The van der Waals surface area contributed by atoms with Crippen LogP contribution in [0.1, 0.15) is 37.5 Å². The second kappa shape index (κ2) is 7.41. The lowest BCUT2D eigenvalue weighted by Gasteiger charge is -2.05. The highest BCUT2D eigenvalue weighted by atomic mass is 35.5. The summed E-state index contributed by atoms with van der Waals surface area (Å²) in [5.41, 5.74) is 1.09. The number of nitrogens with zero attached hydrogens (tertiary/aromatic N) is 2. The predicted octanol–water partition coefficient (Wildman–Crippen LogP) is 3.24. The highest BCUT2D eigenvalue weighted by Crippen LogP contribution is 2.13. The van der Waals surface area contributed by atoms with Crippen molar-refractivity contribution in [2.45, 2.75) is 39.2 Å². The van der Waals surface area contributed by atoms with Crippen LogP contribution in [0.3, 0.4) is 0 Å². The maximum atomic E-state index is 5.96. The predicted molar refractivity (Wildman–Crippen MR) is 80.0 cm³/mol. The number of halogens is 1. The van der Waals surface area contributed by atoms with Gasteiger partial charge in [-0.05, 0) is 30.7 Å². The SMILES string of the molecule is CC(C)NCCCc1nc(Cc2cccc(Cl)c2)no1. The van der Waals surface area contributed by atoms with E-state index in [-0.39, 0.29) is 0 Å². The minimum Gasteiger partial charge on any atom is -0.339 e. The zero-order valence-electron chi connectivity index (χ0n) is 11.9. The summed E-state index contributed by atoms with van der Waals surface area (Å²) in [5.74, 6) is 1.41. The monoisotopic (exact) mass is 293 g/mol. The molecule has 0 aliphatic carbocycles. The Morgan fingerprint density at radius 1 is 1.35 bits per heavy atom. The van der Waals surface area contributed by atoms with Crippen LogP contribution in [-0.4, -0.2) is 22.7 Å². The molecule has 0 saturated heterocycles. The standard InChI is InChI=1S/C15H20ClN3O/c1-11(2)17-8-4-7-15-18-14(19-20-15)10-12-5-3-6-13(16)9-12/h3,5-6,9,11,17H,4,7-8,10H2,1-2H3. The van der Waals surface area contributed by atoms with Gasteiger partial charge in [0.25, 0.3) is 0 Å². The van der Waals surface area contributed by atoms with Crippen molar-refractivity contribution in [1.82, 2.24) is 15.5 Å². The van der Waals surface area contributed by atoms with Crippen molar-refractivity contribution >= 4 is 11.6 Å². The van der Waals surface area contributed by atoms with E-state index in [1.54, 1.807) is 0 Å². The second-order valence-corrected chi connectivity index (χ2v) is 5.56. The Kier molecular flexibility index (Phi) is 5.56. The molecule has 0 amide bonds. The number of benzene rings is 1. The van der Waals surface area contributed by atoms with E-state index < -0.39 is 0 Å². The fraction of sp³-hybridized carbons (Fsp3) is 0.467. The van der Waals surface area contributed by atoms with Crippen LogP contribution in [0.25, 0.3) is 0 Å². The maximum Gasteiger partial charge on any atom is 0.226 e. The molecule has 1 heterocycles. The van der Waals surface area contributed by atoms with Gasteiger partial charge in [-0.25, -0.2) is 0 Å². The lowest BCUT2D eigenvalue weighted by molar-refractivity contribution is 0.369. The first-order valence-corrected chi connectivity index (χ1v) is 7.30. The van der Waals surface area contributed by atoms with Gasteiger partial charge in [0.05, 0.1) is 0 Å². The Balaban J connectivity index is 1.83. The van der Waals surface area contributed by atoms with Gasteiger partial charge in [-0.1, -0.05) is 42.7 Å². The molecule has 1 aromatic heterocycles. The van der Waals surface area contributed by atoms with E-state index >= 15 is 0 Å². The van der Waals surface area contributed by atoms with Gasteiger partial charge in [-0.15, -0.1) is 0 Å². The van der Waals surface area contributed by atoms with Crippen LogP contribution in [0.2, 0.25) is 5.02 Å². The van der Waals surface area contributed by atoms with Gasteiger partial charge >= 0.3 is 0 Å². The molecule has 2 rings (SSSR count). The number of aryl methyl sites for hydroxylation is 1. The van der Waals surface area contributed by atoms with E-state index in [1.165, 1.54) is 0 Å². The molecule has 0 saturated carbocycles. The average Bonchev–Trinajstić information content (AvgIpc) is 2.82. The van der Waals surface area contributed by atoms with Crippen LogP contribution < -0.4 is 5.32 Å². The van der Waals surface area contributed by atoms with E-state index in [2.05, 4.69) is 29.3 Å². The summed E-state index contributed by atoms with van der Waals surface area (Å²) in [6.07, 6.45) is 2.45. The molecular weight excluding hydrogens is 274 g/mol. The molecule has 2 aromatic rings. The molecule has 0 bridgehead atoms. The largest absolute Gasteiger partial charge is 0.339 e. The smallest absolute Gasteiger partial charge is 0.226 e. The van der Waals surface area contributed by atoms with Crippen molar-refractivity contribution in [3.63, 3.8) is 0 Å². The Morgan fingerprint density at radius 2 is 2.20 bits per heavy atom.